The van der Waals surface area contributed by atoms with Gasteiger partial charge in [-0.3, -0.25) is 0 Å². The second-order valence-electron chi connectivity index (χ2n) is 3.84. The Morgan fingerprint density at radius 2 is 2.25 bits per heavy atom. The molecule has 2 rings (SSSR count). The number of furan rings is 1. The lowest BCUT2D eigenvalue weighted by Crippen LogP contribution is -2.16. The molecule has 0 radical (unpaired) electrons. The van der Waals surface area contributed by atoms with Gasteiger partial charge < -0.3 is 9.73 Å². The molecule has 0 amide bonds. The highest BCUT2D eigenvalue weighted by Gasteiger charge is 2.09. The number of thiophene rings is 1. The number of rotatable bonds is 5. The molecular weight excluding hydrogens is 218 g/mol. The monoisotopic (exact) mass is 235 g/mol. The maximum absolute atomic E-state index is 5.71. The second kappa shape index (κ2) is 5.32. The fourth-order valence-electron chi connectivity index (χ4n) is 1.58. The van der Waals surface area contributed by atoms with Crippen LogP contribution in [0.3, 0.4) is 0 Å². The van der Waals surface area contributed by atoms with Crippen molar-refractivity contribution in [3.05, 3.63) is 46.0 Å². The van der Waals surface area contributed by atoms with E-state index in [1.54, 1.807) is 11.3 Å². The quantitative estimate of drug-likeness (QED) is 0.853. The van der Waals surface area contributed by atoms with Crippen LogP contribution in [0, 0.1) is 0 Å². The summed E-state index contributed by atoms with van der Waals surface area (Å²) in [4.78, 5) is 1.36. The zero-order chi connectivity index (χ0) is 11.4. The van der Waals surface area contributed by atoms with Gasteiger partial charge in [0, 0.05) is 17.8 Å². The number of hydrogen-bond acceptors (Lipinski definition) is 3. The molecule has 2 aromatic heterocycles. The van der Waals surface area contributed by atoms with E-state index in [1.165, 1.54) is 4.88 Å². The van der Waals surface area contributed by atoms with Crippen LogP contribution in [0.4, 0.5) is 0 Å². The van der Waals surface area contributed by atoms with Crippen molar-refractivity contribution in [1.29, 1.82) is 0 Å². The van der Waals surface area contributed by atoms with E-state index < -0.39 is 0 Å². The fraction of sp³-hybridized carbons (Fsp3) is 0.385. The van der Waals surface area contributed by atoms with Gasteiger partial charge in [0.15, 0.2) is 0 Å². The predicted molar refractivity (Wildman–Crippen MR) is 67.7 cm³/mol. The molecular formula is C13H17NOS. The highest BCUT2D eigenvalue weighted by molar-refractivity contribution is 7.09. The second-order valence-corrected chi connectivity index (χ2v) is 4.87. The van der Waals surface area contributed by atoms with Crippen LogP contribution in [-0.2, 0) is 13.0 Å². The zero-order valence-electron chi connectivity index (χ0n) is 9.69. The maximum Gasteiger partial charge on any atom is 0.120 e. The van der Waals surface area contributed by atoms with Crippen molar-refractivity contribution in [1.82, 2.24) is 5.32 Å². The summed E-state index contributed by atoms with van der Waals surface area (Å²) in [5.74, 6) is 2.08. The summed E-state index contributed by atoms with van der Waals surface area (Å²) in [6, 6.07) is 8.60. The van der Waals surface area contributed by atoms with E-state index in [-0.39, 0.29) is 6.04 Å². The van der Waals surface area contributed by atoms with Crippen molar-refractivity contribution >= 4 is 11.3 Å². The van der Waals surface area contributed by atoms with Crippen LogP contribution in [0.5, 0.6) is 0 Å². The molecule has 0 spiro atoms. The van der Waals surface area contributed by atoms with Gasteiger partial charge >= 0.3 is 0 Å². The Labute approximate surface area is 100 Å². The minimum Gasteiger partial charge on any atom is -0.464 e. The van der Waals surface area contributed by atoms with Crippen molar-refractivity contribution < 1.29 is 4.42 Å². The molecule has 2 nitrogen and oxygen atoms in total. The molecule has 0 aliphatic carbocycles. The minimum absolute atomic E-state index is 0.266. The Balaban J connectivity index is 1.90. The lowest BCUT2D eigenvalue weighted by atomic mass is 10.2. The van der Waals surface area contributed by atoms with E-state index in [2.05, 4.69) is 48.8 Å². The number of hydrogen-bond donors (Lipinski definition) is 1. The molecule has 0 aromatic carbocycles. The van der Waals surface area contributed by atoms with Crippen LogP contribution in [0.1, 0.15) is 36.3 Å². The van der Waals surface area contributed by atoms with Crippen molar-refractivity contribution in [2.24, 2.45) is 0 Å². The molecule has 1 unspecified atom stereocenters. The third-order valence-electron chi connectivity index (χ3n) is 2.62. The van der Waals surface area contributed by atoms with Crippen molar-refractivity contribution in [2.75, 3.05) is 0 Å². The van der Waals surface area contributed by atoms with Crippen molar-refractivity contribution in [2.45, 2.75) is 32.9 Å². The highest BCUT2D eigenvalue weighted by atomic mass is 32.1. The van der Waals surface area contributed by atoms with E-state index in [1.807, 2.05) is 0 Å². The largest absolute Gasteiger partial charge is 0.464 e. The Morgan fingerprint density at radius 3 is 2.88 bits per heavy atom. The summed E-state index contributed by atoms with van der Waals surface area (Å²) < 4.78 is 5.71. The van der Waals surface area contributed by atoms with Gasteiger partial charge in [0.05, 0.1) is 6.04 Å². The highest BCUT2D eigenvalue weighted by Crippen LogP contribution is 2.17. The zero-order valence-corrected chi connectivity index (χ0v) is 10.5. The van der Waals surface area contributed by atoms with Crippen LogP contribution in [0.25, 0.3) is 0 Å². The van der Waals surface area contributed by atoms with Crippen LogP contribution in [0.2, 0.25) is 0 Å². The normalized spacial score (nSPS) is 12.9. The van der Waals surface area contributed by atoms with Crippen molar-refractivity contribution in [3.63, 3.8) is 0 Å². The summed E-state index contributed by atoms with van der Waals surface area (Å²) in [5.41, 5.74) is 0. The van der Waals surface area contributed by atoms with Gasteiger partial charge in [-0.2, -0.15) is 0 Å². The third-order valence-corrected chi connectivity index (χ3v) is 3.50. The van der Waals surface area contributed by atoms with Crippen LogP contribution in [0.15, 0.2) is 34.1 Å². The van der Waals surface area contributed by atoms with Crippen LogP contribution < -0.4 is 5.32 Å². The first-order valence-corrected chi connectivity index (χ1v) is 6.52. The summed E-state index contributed by atoms with van der Waals surface area (Å²) in [6.45, 7) is 5.14. The van der Waals surface area contributed by atoms with Crippen LogP contribution >= 0.6 is 11.3 Å². The molecule has 3 heteroatoms. The van der Waals surface area contributed by atoms with Gasteiger partial charge in [-0.15, -0.1) is 11.3 Å². The molecule has 1 N–H and O–H groups in total. The standard InChI is InChI=1S/C13H17NOS/c1-3-11-6-7-13(15-11)10(2)14-9-12-5-4-8-16-12/h4-8,10,14H,3,9H2,1-2H3. The molecule has 2 heterocycles. The average molecular weight is 235 g/mol. The Hall–Kier alpha value is -1.06. The molecule has 0 fully saturated rings. The first-order valence-electron chi connectivity index (χ1n) is 5.64. The van der Waals surface area contributed by atoms with Crippen LogP contribution in [-0.4, -0.2) is 0 Å². The average Bonchev–Trinajstić information content (AvgIpc) is 2.96. The molecule has 0 saturated heterocycles. The van der Waals surface area contributed by atoms with Gasteiger partial charge in [-0.1, -0.05) is 13.0 Å². The number of aryl methyl sites for hydroxylation is 1. The molecule has 2 aromatic rings. The van der Waals surface area contributed by atoms with Gasteiger partial charge in [0.25, 0.3) is 0 Å². The fourth-order valence-corrected chi connectivity index (χ4v) is 2.24. The third kappa shape index (κ3) is 2.74. The molecule has 0 aliphatic rings. The van der Waals surface area contributed by atoms with Crippen molar-refractivity contribution in [3.8, 4) is 0 Å². The molecule has 0 aliphatic heterocycles. The first-order chi connectivity index (χ1) is 7.79. The Bertz CT molecular complexity index is 419. The topological polar surface area (TPSA) is 25.2 Å². The molecule has 1 atom stereocenters. The summed E-state index contributed by atoms with van der Waals surface area (Å²) in [5, 5.41) is 5.56. The summed E-state index contributed by atoms with van der Waals surface area (Å²) in [7, 11) is 0. The Morgan fingerprint density at radius 1 is 1.38 bits per heavy atom. The van der Waals surface area contributed by atoms with E-state index in [0.717, 1.165) is 24.5 Å². The molecule has 16 heavy (non-hydrogen) atoms. The predicted octanol–water partition coefficient (Wildman–Crippen LogP) is 3.75. The SMILES string of the molecule is CCc1ccc(C(C)NCc2cccs2)o1. The lowest BCUT2D eigenvalue weighted by Gasteiger charge is -2.10. The van der Waals surface area contributed by atoms with Gasteiger partial charge in [0.1, 0.15) is 11.5 Å². The van der Waals surface area contributed by atoms with E-state index >= 15 is 0 Å². The van der Waals surface area contributed by atoms with Gasteiger partial charge in [0.2, 0.25) is 0 Å². The summed E-state index contributed by atoms with van der Waals surface area (Å²) in [6.07, 6.45) is 0.956. The smallest absolute Gasteiger partial charge is 0.120 e. The maximum atomic E-state index is 5.71. The first kappa shape index (κ1) is 11.4. The molecule has 0 bridgehead atoms. The Kier molecular flexibility index (Phi) is 3.80. The van der Waals surface area contributed by atoms with E-state index in [9.17, 15) is 0 Å². The van der Waals surface area contributed by atoms with Gasteiger partial charge in [-0.25, -0.2) is 0 Å². The number of nitrogens with one attached hydrogen (secondary N) is 1. The lowest BCUT2D eigenvalue weighted by molar-refractivity contribution is 0.409. The molecule has 86 valence electrons. The van der Waals surface area contributed by atoms with E-state index in [4.69, 9.17) is 4.42 Å². The van der Waals surface area contributed by atoms with E-state index in [0.29, 0.717) is 0 Å². The molecule has 0 saturated carbocycles. The minimum atomic E-state index is 0.266. The van der Waals surface area contributed by atoms with Gasteiger partial charge in [-0.05, 0) is 30.5 Å². The summed E-state index contributed by atoms with van der Waals surface area (Å²) >= 11 is 1.78.